The van der Waals surface area contributed by atoms with E-state index >= 15 is 0 Å². The first-order chi connectivity index (χ1) is 9.78. The third-order valence-corrected chi connectivity index (χ3v) is 5.57. The molecule has 0 amide bonds. The van der Waals surface area contributed by atoms with Crippen molar-refractivity contribution in [2.45, 2.75) is 44.0 Å². The Balaban J connectivity index is 1.74. The van der Waals surface area contributed by atoms with Crippen LogP contribution < -0.4 is 5.32 Å². The van der Waals surface area contributed by atoms with Gasteiger partial charge < -0.3 is 9.88 Å². The molecule has 2 aromatic rings. The minimum atomic E-state index is 0.515. The molecule has 1 aliphatic rings. The van der Waals surface area contributed by atoms with Crippen molar-refractivity contribution in [2.24, 2.45) is 0 Å². The Labute approximate surface area is 125 Å². The number of aryl methyl sites for hydroxylation is 1. The lowest BCUT2D eigenvalue weighted by Gasteiger charge is -2.13. The zero-order valence-electron chi connectivity index (χ0n) is 12.4. The number of nitrogens with one attached hydrogen (secondary N) is 1. The molecule has 1 aromatic heterocycles. The lowest BCUT2D eigenvalue weighted by atomic mass is 10.3. The average Bonchev–Trinajstić information content (AvgIpc) is 3.17. The van der Waals surface area contributed by atoms with Gasteiger partial charge in [-0.2, -0.15) is 11.8 Å². The van der Waals surface area contributed by atoms with Gasteiger partial charge in [-0.25, -0.2) is 4.98 Å². The molecule has 0 saturated heterocycles. The number of rotatable bonds is 7. The van der Waals surface area contributed by atoms with Crippen LogP contribution in [0.3, 0.4) is 0 Å². The molecule has 0 bridgehead atoms. The summed E-state index contributed by atoms with van der Waals surface area (Å²) in [5.74, 6) is 1.17. The average molecular weight is 289 g/mol. The molecule has 1 aromatic carbocycles. The van der Waals surface area contributed by atoms with Gasteiger partial charge in [-0.05, 0) is 37.7 Å². The summed E-state index contributed by atoms with van der Waals surface area (Å²) in [6, 6.07) is 8.44. The largest absolute Gasteiger partial charge is 0.327 e. The second kappa shape index (κ2) is 5.78. The van der Waals surface area contributed by atoms with Gasteiger partial charge >= 0.3 is 0 Å². The number of aromatic nitrogens is 2. The van der Waals surface area contributed by atoms with Crippen molar-refractivity contribution in [1.29, 1.82) is 0 Å². The topological polar surface area (TPSA) is 29.9 Å². The minimum absolute atomic E-state index is 0.515. The van der Waals surface area contributed by atoms with Crippen LogP contribution in [0.25, 0.3) is 11.0 Å². The van der Waals surface area contributed by atoms with Gasteiger partial charge in [0.1, 0.15) is 5.82 Å². The smallest absolute Gasteiger partial charge is 0.123 e. The van der Waals surface area contributed by atoms with Crippen LogP contribution in [0.5, 0.6) is 0 Å². The fourth-order valence-corrected chi connectivity index (χ4v) is 3.48. The second-order valence-electron chi connectivity index (χ2n) is 5.66. The summed E-state index contributed by atoms with van der Waals surface area (Å²) >= 11 is 2.00. The fourth-order valence-electron chi connectivity index (χ4n) is 2.73. The van der Waals surface area contributed by atoms with Gasteiger partial charge in [0.25, 0.3) is 0 Å². The summed E-state index contributed by atoms with van der Waals surface area (Å²) in [6.45, 7) is 5.24. The first-order valence-electron chi connectivity index (χ1n) is 7.48. The fraction of sp³-hybridized carbons (Fsp3) is 0.562. The maximum atomic E-state index is 4.79. The highest BCUT2D eigenvalue weighted by Gasteiger charge is 2.41. The number of imidazole rings is 1. The molecule has 0 atom stereocenters. The molecule has 0 radical (unpaired) electrons. The van der Waals surface area contributed by atoms with Gasteiger partial charge in [-0.15, -0.1) is 0 Å². The summed E-state index contributed by atoms with van der Waals surface area (Å²) in [4.78, 5) is 4.79. The van der Waals surface area contributed by atoms with Crippen LogP contribution >= 0.6 is 11.8 Å². The highest BCUT2D eigenvalue weighted by atomic mass is 32.2. The number of para-hydroxylation sites is 2. The van der Waals surface area contributed by atoms with E-state index in [1.165, 1.54) is 24.2 Å². The van der Waals surface area contributed by atoms with Crippen molar-refractivity contribution >= 4 is 22.8 Å². The molecule has 0 unspecified atom stereocenters. The molecule has 1 N–H and O–H groups in total. The highest BCUT2D eigenvalue weighted by Crippen LogP contribution is 2.46. The number of benzene rings is 1. The standard InChI is InChI=1S/C16H23N3S/c1-3-10-19-14-7-5-4-6-13(14)18-15(19)11-17-12-16(20-2)8-9-16/h4-7,17H,3,8-12H2,1-2H3. The molecule has 0 spiro atoms. The van der Waals surface area contributed by atoms with E-state index in [1.54, 1.807) is 0 Å². The van der Waals surface area contributed by atoms with Crippen LogP contribution in [0.2, 0.25) is 0 Å². The van der Waals surface area contributed by atoms with Crippen molar-refractivity contribution < 1.29 is 0 Å². The van der Waals surface area contributed by atoms with Crippen LogP contribution in [0.15, 0.2) is 24.3 Å². The van der Waals surface area contributed by atoms with Gasteiger partial charge in [0.15, 0.2) is 0 Å². The molecule has 1 heterocycles. The molecule has 1 saturated carbocycles. The Morgan fingerprint density at radius 1 is 1.35 bits per heavy atom. The predicted molar refractivity (Wildman–Crippen MR) is 87.2 cm³/mol. The molecule has 3 rings (SSSR count). The maximum absolute atomic E-state index is 4.79. The van der Waals surface area contributed by atoms with Gasteiger partial charge in [0.05, 0.1) is 17.6 Å². The lowest BCUT2D eigenvalue weighted by Crippen LogP contribution is -2.26. The van der Waals surface area contributed by atoms with Crippen molar-refractivity contribution in [3.63, 3.8) is 0 Å². The summed E-state index contributed by atoms with van der Waals surface area (Å²) < 4.78 is 2.88. The molecule has 20 heavy (non-hydrogen) atoms. The maximum Gasteiger partial charge on any atom is 0.123 e. The summed E-state index contributed by atoms with van der Waals surface area (Å²) in [7, 11) is 0. The van der Waals surface area contributed by atoms with Gasteiger partial charge in [-0.1, -0.05) is 19.1 Å². The monoisotopic (exact) mass is 289 g/mol. The second-order valence-corrected chi connectivity index (χ2v) is 6.93. The first kappa shape index (κ1) is 14.0. The van der Waals surface area contributed by atoms with E-state index < -0.39 is 0 Å². The number of fused-ring (bicyclic) bond motifs is 1. The third-order valence-electron chi connectivity index (χ3n) is 4.15. The highest BCUT2D eigenvalue weighted by molar-refractivity contribution is 8.00. The van der Waals surface area contributed by atoms with E-state index in [2.05, 4.69) is 47.3 Å². The van der Waals surface area contributed by atoms with Crippen molar-refractivity contribution in [3.8, 4) is 0 Å². The van der Waals surface area contributed by atoms with E-state index in [9.17, 15) is 0 Å². The SMILES string of the molecule is CCCn1c(CNCC2(SC)CC2)nc2ccccc21. The minimum Gasteiger partial charge on any atom is -0.327 e. The van der Waals surface area contributed by atoms with Crippen LogP contribution in [-0.2, 0) is 13.1 Å². The molecule has 108 valence electrons. The van der Waals surface area contributed by atoms with Crippen LogP contribution in [0.1, 0.15) is 32.0 Å². The Hall–Kier alpha value is -1.00. The summed E-state index contributed by atoms with van der Waals surface area (Å²) in [5.41, 5.74) is 2.38. The van der Waals surface area contributed by atoms with Crippen molar-refractivity contribution in [1.82, 2.24) is 14.9 Å². The van der Waals surface area contributed by atoms with E-state index in [-0.39, 0.29) is 0 Å². The third kappa shape index (κ3) is 2.72. The lowest BCUT2D eigenvalue weighted by molar-refractivity contribution is 0.590. The Morgan fingerprint density at radius 3 is 2.85 bits per heavy atom. The van der Waals surface area contributed by atoms with Gasteiger partial charge in [0.2, 0.25) is 0 Å². The summed E-state index contributed by atoms with van der Waals surface area (Å²) in [5, 5.41) is 3.61. The molecule has 0 aliphatic heterocycles. The zero-order valence-corrected chi connectivity index (χ0v) is 13.2. The van der Waals surface area contributed by atoms with Gasteiger partial charge in [0, 0.05) is 17.8 Å². The van der Waals surface area contributed by atoms with Crippen LogP contribution in [0, 0.1) is 0 Å². The quantitative estimate of drug-likeness (QED) is 0.847. The number of nitrogens with zero attached hydrogens (tertiary/aromatic N) is 2. The van der Waals surface area contributed by atoms with Crippen LogP contribution in [0.4, 0.5) is 0 Å². The number of hydrogen-bond acceptors (Lipinski definition) is 3. The normalized spacial score (nSPS) is 16.7. The van der Waals surface area contributed by atoms with Gasteiger partial charge in [-0.3, -0.25) is 0 Å². The molecular weight excluding hydrogens is 266 g/mol. The van der Waals surface area contributed by atoms with E-state index in [4.69, 9.17) is 4.98 Å². The molecular formula is C16H23N3S. The predicted octanol–water partition coefficient (Wildman–Crippen LogP) is 3.43. The Bertz CT molecular complexity index is 586. The molecule has 1 fully saturated rings. The van der Waals surface area contributed by atoms with Crippen molar-refractivity contribution in [2.75, 3.05) is 12.8 Å². The Kier molecular flexibility index (Phi) is 4.03. The number of hydrogen-bond donors (Lipinski definition) is 1. The van der Waals surface area contributed by atoms with E-state index in [1.807, 2.05) is 11.8 Å². The van der Waals surface area contributed by atoms with Crippen molar-refractivity contribution in [3.05, 3.63) is 30.1 Å². The molecule has 1 aliphatic carbocycles. The van der Waals surface area contributed by atoms with E-state index in [0.29, 0.717) is 4.75 Å². The van der Waals surface area contributed by atoms with E-state index in [0.717, 1.165) is 31.6 Å². The molecule has 4 heteroatoms. The molecule has 3 nitrogen and oxygen atoms in total. The van der Waals surface area contributed by atoms with Crippen LogP contribution in [-0.4, -0.2) is 27.1 Å². The zero-order chi connectivity index (χ0) is 14.0. The Morgan fingerprint density at radius 2 is 2.15 bits per heavy atom. The first-order valence-corrected chi connectivity index (χ1v) is 8.70. The summed E-state index contributed by atoms with van der Waals surface area (Å²) in [6.07, 6.45) is 6.07. The number of thioether (sulfide) groups is 1.